The highest BCUT2D eigenvalue weighted by atomic mass is 16.3. The van der Waals surface area contributed by atoms with Gasteiger partial charge in [-0.3, -0.25) is 0 Å². The summed E-state index contributed by atoms with van der Waals surface area (Å²) in [6, 6.07) is 4.12. The first-order chi connectivity index (χ1) is 8.99. The molecule has 1 heterocycles. The van der Waals surface area contributed by atoms with Crippen molar-refractivity contribution in [2.45, 2.75) is 33.4 Å². The Morgan fingerprint density at radius 1 is 1.32 bits per heavy atom. The zero-order valence-corrected chi connectivity index (χ0v) is 11.8. The molecule has 1 aromatic carbocycles. The van der Waals surface area contributed by atoms with Crippen molar-refractivity contribution in [1.82, 2.24) is 20.1 Å². The molecule has 0 bridgehead atoms. The summed E-state index contributed by atoms with van der Waals surface area (Å²) >= 11 is 0. The maximum absolute atomic E-state index is 9.75. The molecule has 2 rings (SSSR count). The molecular weight excluding hydrogens is 240 g/mol. The molecule has 19 heavy (non-hydrogen) atoms. The largest absolute Gasteiger partial charge is 0.507 e. The van der Waals surface area contributed by atoms with E-state index in [9.17, 15) is 5.11 Å². The number of phenols is 1. The van der Waals surface area contributed by atoms with Crippen LogP contribution in [-0.4, -0.2) is 19.9 Å². The van der Waals surface area contributed by atoms with E-state index in [-0.39, 0.29) is 6.04 Å². The molecule has 5 heteroatoms. The molecule has 2 aromatic rings. The van der Waals surface area contributed by atoms with Crippen LogP contribution in [0, 0.1) is 13.8 Å². The molecule has 0 amide bonds. The van der Waals surface area contributed by atoms with E-state index in [1.807, 2.05) is 37.6 Å². The fourth-order valence-corrected chi connectivity index (χ4v) is 2.19. The van der Waals surface area contributed by atoms with Crippen molar-refractivity contribution in [2.24, 2.45) is 7.05 Å². The van der Waals surface area contributed by atoms with Gasteiger partial charge in [-0.25, -0.2) is 0 Å². The van der Waals surface area contributed by atoms with E-state index >= 15 is 0 Å². The summed E-state index contributed by atoms with van der Waals surface area (Å²) in [5.41, 5.74) is 2.97. The molecular formula is C14H20N4O. The second kappa shape index (κ2) is 5.40. The summed E-state index contributed by atoms with van der Waals surface area (Å²) in [6.45, 7) is 6.62. The molecule has 0 aliphatic heterocycles. The van der Waals surface area contributed by atoms with E-state index in [1.165, 1.54) is 0 Å². The number of rotatable bonds is 4. The van der Waals surface area contributed by atoms with Gasteiger partial charge in [0.2, 0.25) is 0 Å². The summed E-state index contributed by atoms with van der Waals surface area (Å²) in [5.74, 6) is 1.29. The molecule has 1 atom stereocenters. The van der Waals surface area contributed by atoms with Gasteiger partial charge in [-0.15, -0.1) is 10.2 Å². The number of hydrogen-bond donors (Lipinski definition) is 2. The predicted molar refractivity (Wildman–Crippen MR) is 73.8 cm³/mol. The number of aromatic nitrogens is 3. The summed E-state index contributed by atoms with van der Waals surface area (Å²) in [4.78, 5) is 0. The average Bonchev–Trinajstić information content (AvgIpc) is 2.79. The molecule has 1 aromatic heterocycles. The Balaban J connectivity index is 2.05. The number of nitrogens with zero attached hydrogens (tertiary/aromatic N) is 3. The zero-order valence-electron chi connectivity index (χ0n) is 11.8. The highest BCUT2D eigenvalue weighted by molar-refractivity contribution is 5.42. The Hall–Kier alpha value is -1.88. The van der Waals surface area contributed by atoms with E-state index < -0.39 is 0 Å². The molecule has 2 N–H and O–H groups in total. The minimum absolute atomic E-state index is 0.127. The molecule has 0 aliphatic rings. The fourth-order valence-electron chi connectivity index (χ4n) is 2.19. The predicted octanol–water partition coefficient (Wildman–Crippen LogP) is 1.99. The van der Waals surface area contributed by atoms with Crippen LogP contribution in [0.1, 0.15) is 35.5 Å². The number of nitrogens with one attached hydrogen (secondary N) is 1. The van der Waals surface area contributed by atoms with Crippen molar-refractivity contribution in [2.75, 3.05) is 0 Å². The number of aromatic hydroxyl groups is 1. The Bertz CT molecular complexity index is 554. The Morgan fingerprint density at radius 3 is 2.47 bits per heavy atom. The van der Waals surface area contributed by atoms with Gasteiger partial charge in [-0.05, 0) is 37.5 Å². The summed E-state index contributed by atoms with van der Waals surface area (Å²) in [5, 5.41) is 21.1. The van der Waals surface area contributed by atoms with Crippen LogP contribution in [0.2, 0.25) is 0 Å². The maximum atomic E-state index is 9.75. The minimum atomic E-state index is 0.127. The van der Waals surface area contributed by atoms with Gasteiger partial charge >= 0.3 is 0 Å². The summed E-state index contributed by atoms with van der Waals surface area (Å²) in [6.07, 6.45) is 1.70. The van der Waals surface area contributed by atoms with E-state index in [1.54, 1.807) is 6.33 Å². The van der Waals surface area contributed by atoms with Gasteiger partial charge in [-0.1, -0.05) is 12.1 Å². The third-order valence-corrected chi connectivity index (χ3v) is 3.30. The molecule has 102 valence electrons. The van der Waals surface area contributed by atoms with E-state index in [4.69, 9.17) is 0 Å². The second-order valence-electron chi connectivity index (χ2n) is 4.98. The number of aryl methyl sites for hydroxylation is 3. The molecule has 0 saturated carbocycles. The maximum Gasteiger partial charge on any atom is 0.149 e. The van der Waals surface area contributed by atoms with Crippen LogP contribution in [0.15, 0.2) is 18.5 Å². The van der Waals surface area contributed by atoms with Crippen LogP contribution < -0.4 is 5.32 Å². The third-order valence-electron chi connectivity index (χ3n) is 3.30. The molecule has 1 unspecified atom stereocenters. The third kappa shape index (κ3) is 2.93. The fraction of sp³-hybridized carbons (Fsp3) is 0.429. The van der Waals surface area contributed by atoms with Gasteiger partial charge in [0.25, 0.3) is 0 Å². The zero-order chi connectivity index (χ0) is 14.0. The standard InChI is InChI=1S/C14H20N4O/c1-9-5-12(6-10(2)13(9)19)7-15-11(3)14-17-16-8-18(14)4/h5-6,8,11,15,19H,7H2,1-4H3. The lowest BCUT2D eigenvalue weighted by Gasteiger charge is -2.14. The average molecular weight is 260 g/mol. The first-order valence-electron chi connectivity index (χ1n) is 6.35. The van der Waals surface area contributed by atoms with Crippen LogP contribution in [0.5, 0.6) is 5.75 Å². The Morgan fingerprint density at radius 2 is 1.95 bits per heavy atom. The van der Waals surface area contributed by atoms with Gasteiger partial charge in [0, 0.05) is 13.6 Å². The summed E-state index contributed by atoms with van der Waals surface area (Å²) < 4.78 is 1.91. The van der Waals surface area contributed by atoms with Crippen LogP contribution >= 0.6 is 0 Å². The molecule has 0 saturated heterocycles. The van der Waals surface area contributed by atoms with Crippen molar-refractivity contribution in [3.63, 3.8) is 0 Å². The van der Waals surface area contributed by atoms with Crippen molar-refractivity contribution < 1.29 is 5.11 Å². The number of hydrogen-bond acceptors (Lipinski definition) is 4. The van der Waals surface area contributed by atoms with Gasteiger partial charge in [0.15, 0.2) is 0 Å². The molecule has 0 radical (unpaired) electrons. The minimum Gasteiger partial charge on any atom is -0.507 e. The van der Waals surface area contributed by atoms with Crippen molar-refractivity contribution >= 4 is 0 Å². The van der Waals surface area contributed by atoms with E-state index in [0.29, 0.717) is 5.75 Å². The highest BCUT2D eigenvalue weighted by Gasteiger charge is 2.11. The summed E-state index contributed by atoms with van der Waals surface area (Å²) in [7, 11) is 1.93. The number of benzene rings is 1. The molecule has 0 aliphatic carbocycles. The lowest BCUT2D eigenvalue weighted by Crippen LogP contribution is -2.21. The van der Waals surface area contributed by atoms with E-state index in [2.05, 4.69) is 22.4 Å². The van der Waals surface area contributed by atoms with E-state index in [0.717, 1.165) is 29.1 Å². The van der Waals surface area contributed by atoms with Gasteiger partial charge in [0.05, 0.1) is 6.04 Å². The molecule has 5 nitrogen and oxygen atoms in total. The van der Waals surface area contributed by atoms with Gasteiger partial charge < -0.3 is 15.0 Å². The van der Waals surface area contributed by atoms with Crippen LogP contribution in [0.4, 0.5) is 0 Å². The molecule has 0 fully saturated rings. The van der Waals surface area contributed by atoms with Crippen molar-refractivity contribution in [3.8, 4) is 5.75 Å². The monoisotopic (exact) mass is 260 g/mol. The second-order valence-corrected chi connectivity index (χ2v) is 4.98. The van der Waals surface area contributed by atoms with Gasteiger partial charge in [-0.2, -0.15) is 0 Å². The van der Waals surface area contributed by atoms with Gasteiger partial charge in [0.1, 0.15) is 17.9 Å². The number of phenolic OH excluding ortho intramolecular Hbond substituents is 1. The molecule has 0 spiro atoms. The normalized spacial score (nSPS) is 12.6. The smallest absolute Gasteiger partial charge is 0.149 e. The lowest BCUT2D eigenvalue weighted by atomic mass is 10.1. The Labute approximate surface area is 113 Å². The van der Waals surface area contributed by atoms with Crippen molar-refractivity contribution in [3.05, 3.63) is 41.0 Å². The SMILES string of the molecule is Cc1cc(CNC(C)c2nncn2C)cc(C)c1O. The van der Waals surface area contributed by atoms with Crippen LogP contribution in [-0.2, 0) is 13.6 Å². The first-order valence-corrected chi connectivity index (χ1v) is 6.35. The lowest BCUT2D eigenvalue weighted by molar-refractivity contribution is 0.466. The van der Waals surface area contributed by atoms with Crippen LogP contribution in [0.3, 0.4) is 0 Å². The quantitative estimate of drug-likeness (QED) is 0.882. The van der Waals surface area contributed by atoms with Crippen molar-refractivity contribution in [1.29, 1.82) is 0 Å². The topological polar surface area (TPSA) is 63.0 Å². The van der Waals surface area contributed by atoms with Crippen LogP contribution in [0.25, 0.3) is 0 Å². The highest BCUT2D eigenvalue weighted by Crippen LogP contribution is 2.23. The first kappa shape index (κ1) is 13.5. The Kier molecular flexibility index (Phi) is 3.85.